The summed E-state index contributed by atoms with van der Waals surface area (Å²) in [6, 6.07) is 10.9. The average molecular weight is 269 g/mol. The normalized spacial score (nSPS) is 10.1. The van der Waals surface area contributed by atoms with Crippen molar-refractivity contribution < 1.29 is 4.74 Å². The predicted molar refractivity (Wildman–Crippen MR) is 75.5 cm³/mol. The molecule has 0 aliphatic heterocycles. The summed E-state index contributed by atoms with van der Waals surface area (Å²) in [6.07, 6.45) is 0. The lowest BCUT2D eigenvalue weighted by atomic mass is 10.1. The fourth-order valence-corrected chi connectivity index (χ4v) is 1.89. The molecule has 0 saturated heterocycles. The third-order valence-corrected chi connectivity index (χ3v) is 2.84. The van der Waals surface area contributed by atoms with Gasteiger partial charge in [-0.05, 0) is 32.0 Å². The van der Waals surface area contributed by atoms with Gasteiger partial charge in [0.05, 0.1) is 12.3 Å². The van der Waals surface area contributed by atoms with E-state index in [1.165, 1.54) is 10.7 Å². The fraction of sp³-hybridized carbons (Fsp3) is 0.267. The van der Waals surface area contributed by atoms with Gasteiger partial charge in [-0.3, -0.25) is 4.79 Å². The van der Waals surface area contributed by atoms with Gasteiger partial charge in [-0.1, -0.05) is 12.1 Å². The van der Waals surface area contributed by atoms with Crippen molar-refractivity contribution in [1.29, 1.82) is 5.26 Å². The molecule has 0 amide bonds. The van der Waals surface area contributed by atoms with Crippen molar-refractivity contribution >= 4 is 0 Å². The lowest BCUT2D eigenvalue weighted by molar-refractivity contribution is 0.340. The molecule has 0 aliphatic rings. The lowest BCUT2D eigenvalue weighted by Gasteiger charge is -2.08. The monoisotopic (exact) mass is 269 g/mol. The van der Waals surface area contributed by atoms with E-state index in [4.69, 9.17) is 10.00 Å². The second kappa shape index (κ2) is 6.02. The number of rotatable bonds is 4. The van der Waals surface area contributed by atoms with E-state index in [9.17, 15) is 4.79 Å². The minimum Gasteiger partial charge on any atom is -0.494 e. The molecule has 102 valence electrons. The summed E-state index contributed by atoms with van der Waals surface area (Å²) >= 11 is 0. The molecular formula is C15H15N3O2. The van der Waals surface area contributed by atoms with E-state index in [1.807, 2.05) is 44.2 Å². The maximum absolute atomic E-state index is 11.8. The van der Waals surface area contributed by atoms with E-state index in [2.05, 4.69) is 5.10 Å². The first kappa shape index (κ1) is 13.8. The molecule has 2 rings (SSSR count). The fourth-order valence-electron chi connectivity index (χ4n) is 1.89. The third-order valence-electron chi connectivity index (χ3n) is 2.84. The van der Waals surface area contributed by atoms with Crippen LogP contribution in [0.1, 0.15) is 19.4 Å². The molecule has 0 radical (unpaired) electrons. The Hall–Kier alpha value is -2.61. The molecular weight excluding hydrogens is 254 g/mol. The van der Waals surface area contributed by atoms with Crippen molar-refractivity contribution in [3.63, 3.8) is 0 Å². The van der Waals surface area contributed by atoms with Crippen LogP contribution in [0.3, 0.4) is 0 Å². The first-order chi connectivity index (χ1) is 9.69. The summed E-state index contributed by atoms with van der Waals surface area (Å²) in [5, 5.41) is 13.3. The number of ether oxygens (including phenoxy) is 1. The van der Waals surface area contributed by atoms with E-state index in [-0.39, 0.29) is 11.1 Å². The van der Waals surface area contributed by atoms with Gasteiger partial charge in [0, 0.05) is 12.1 Å². The largest absolute Gasteiger partial charge is 0.494 e. The van der Waals surface area contributed by atoms with Crippen molar-refractivity contribution in [2.75, 3.05) is 6.61 Å². The Kier molecular flexibility index (Phi) is 4.16. The zero-order chi connectivity index (χ0) is 14.5. The van der Waals surface area contributed by atoms with Gasteiger partial charge in [0.1, 0.15) is 17.4 Å². The van der Waals surface area contributed by atoms with Crippen molar-refractivity contribution in [3.8, 4) is 23.1 Å². The highest BCUT2D eigenvalue weighted by Gasteiger charge is 2.09. The molecule has 0 spiro atoms. The summed E-state index contributed by atoms with van der Waals surface area (Å²) in [6.45, 7) is 4.73. The van der Waals surface area contributed by atoms with Gasteiger partial charge in [-0.25, -0.2) is 4.68 Å². The van der Waals surface area contributed by atoms with Gasteiger partial charge in [0.2, 0.25) is 0 Å². The molecule has 0 N–H and O–H groups in total. The standard InChI is InChI=1S/C15H15N3O2/c1-3-18-15(19)12(10-16)9-14(17-18)11-6-5-7-13(8-11)20-4-2/h5-9H,3-4H2,1-2H3. The van der Waals surface area contributed by atoms with E-state index < -0.39 is 0 Å². The molecule has 1 heterocycles. The van der Waals surface area contributed by atoms with Crippen LogP contribution in [0.5, 0.6) is 5.75 Å². The second-order valence-electron chi connectivity index (χ2n) is 4.14. The number of benzene rings is 1. The van der Waals surface area contributed by atoms with Gasteiger partial charge < -0.3 is 4.74 Å². The Morgan fingerprint density at radius 1 is 1.35 bits per heavy atom. The van der Waals surface area contributed by atoms with E-state index in [0.29, 0.717) is 18.8 Å². The van der Waals surface area contributed by atoms with Crippen molar-refractivity contribution in [2.24, 2.45) is 0 Å². The lowest BCUT2D eigenvalue weighted by Crippen LogP contribution is -2.24. The highest BCUT2D eigenvalue weighted by atomic mass is 16.5. The summed E-state index contributed by atoms with van der Waals surface area (Å²) in [5.41, 5.74) is 1.14. The van der Waals surface area contributed by atoms with Crippen LogP contribution in [0.4, 0.5) is 0 Å². The Bertz CT molecular complexity index is 714. The zero-order valence-corrected chi connectivity index (χ0v) is 11.5. The molecule has 0 saturated carbocycles. The maximum atomic E-state index is 11.8. The smallest absolute Gasteiger partial charge is 0.284 e. The third kappa shape index (κ3) is 2.69. The van der Waals surface area contributed by atoms with E-state index >= 15 is 0 Å². The first-order valence-electron chi connectivity index (χ1n) is 6.45. The summed E-state index contributed by atoms with van der Waals surface area (Å²) in [5.74, 6) is 0.736. The number of aromatic nitrogens is 2. The van der Waals surface area contributed by atoms with E-state index in [1.54, 1.807) is 0 Å². The van der Waals surface area contributed by atoms with Gasteiger partial charge in [0.15, 0.2) is 0 Å². The Labute approximate surface area is 117 Å². The number of hydrogen-bond acceptors (Lipinski definition) is 4. The maximum Gasteiger partial charge on any atom is 0.284 e. The molecule has 1 aromatic heterocycles. The SMILES string of the molecule is CCOc1cccc(-c2cc(C#N)c(=O)n(CC)n2)c1. The number of aryl methyl sites for hydroxylation is 1. The molecule has 1 aromatic carbocycles. The van der Waals surface area contributed by atoms with Crippen molar-refractivity contribution in [2.45, 2.75) is 20.4 Å². The van der Waals surface area contributed by atoms with Crippen molar-refractivity contribution in [1.82, 2.24) is 9.78 Å². The summed E-state index contributed by atoms with van der Waals surface area (Å²) < 4.78 is 6.74. The molecule has 20 heavy (non-hydrogen) atoms. The Morgan fingerprint density at radius 2 is 2.15 bits per heavy atom. The zero-order valence-electron chi connectivity index (χ0n) is 11.5. The van der Waals surface area contributed by atoms with E-state index in [0.717, 1.165) is 11.3 Å². The van der Waals surface area contributed by atoms with Gasteiger partial charge in [0.25, 0.3) is 5.56 Å². The molecule has 0 fully saturated rings. The van der Waals surface area contributed by atoms with Gasteiger partial charge in [-0.15, -0.1) is 0 Å². The molecule has 5 heteroatoms. The van der Waals surface area contributed by atoms with Crippen molar-refractivity contribution in [3.05, 3.63) is 46.2 Å². The highest BCUT2D eigenvalue weighted by molar-refractivity contribution is 5.62. The Balaban J connectivity index is 2.55. The predicted octanol–water partition coefficient (Wildman–Crippen LogP) is 2.20. The van der Waals surface area contributed by atoms with Crippen LogP contribution in [-0.2, 0) is 6.54 Å². The number of hydrogen-bond donors (Lipinski definition) is 0. The minimum absolute atomic E-state index is 0.0960. The quantitative estimate of drug-likeness (QED) is 0.853. The highest BCUT2D eigenvalue weighted by Crippen LogP contribution is 2.22. The molecule has 2 aromatic rings. The van der Waals surface area contributed by atoms with Gasteiger partial charge in [-0.2, -0.15) is 10.4 Å². The van der Waals surface area contributed by atoms with Crippen LogP contribution >= 0.6 is 0 Å². The van der Waals surface area contributed by atoms with Crippen LogP contribution in [0, 0.1) is 11.3 Å². The van der Waals surface area contributed by atoms with Crippen LogP contribution in [-0.4, -0.2) is 16.4 Å². The van der Waals surface area contributed by atoms with Crippen LogP contribution < -0.4 is 10.3 Å². The number of nitrogens with zero attached hydrogens (tertiary/aromatic N) is 3. The summed E-state index contributed by atoms with van der Waals surface area (Å²) in [4.78, 5) is 11.8. The Morgan fingerprint density at radius 3 is 2.80 bits per heavy atom. The first-order valence-corrected chi connectivity index (χ1v) is 6.45. The average Bonchev–Trinajstić information content (AvgIpc) is 2.48. The summed E-state index contributed by atoms with van der Waals surface area (Å²) in [7, 11) is 0. The molecule has 0 unspecified atom stereocenters. The van der Waals surface area contributed by atoms with Crippen LogP contribution in [0.2, 0.25) is 0 Å². The molecule has 0 aliphatic carbocycles. The number of nitriles is 1. The van der Waals surface area contributed by atoms with Crippen LogP contribution in [0.15, 0.2) is 35.1 Å². The van der Waals surface area contributed by atoms with Gasteiger partial charge >= 0.3 is 0 Å². The second-order valence-corrected chi connectivity index (χ2v) is 4.14. The molecule has 5 nitrogen and oxygen atoms in total. The molecule has 0 bridgehead atoms. The van der Waals surface area contributed by atoms with Crippen LogP contribution in [0.25, 0.3) is 11.3 Å². The minimum atomic E-state index is -0.361. The molecule has 0 atom stereocenters. The topological polar surface area (TPSA) is 67.9 Å².